The number of nitrogen functional groups attached to an aromatic ring is 1. The number of benzene rings is 1. The Hall–Kier alpha value is -1.62. The number of pyridine rings is 1. The number of nitrogens with zero attached hydrogens (tertiary/aromatic N) is 2. The number of fused-ring (bicyclic) bond motifs is 3. The topological polar surface area (TPSA) is 67.6 Å². The molecule has 0 fully saturated rings. The average molecular weight is 263 g/mol. The number of halogens is 1. The van der Waals surface area contributed by atoms with Crippen LogP contribution in [0.15, 0.2) is 28.9 Å². The summed E-state index contributed by atoms with van der Waals surface area (Å²) in [4.78, 5) is 4.32. The van der Waals surface area contributed by atoms with E-state index in [0.29, 0.717) is 5.82 Å². The summed E-state index contributed by atoms with van der Waals surface area (Å²) in [6, 6.07) is 5.92. The lowest BCUT2D eigenvalue weighted by molar-refractivity contribution is 1.13. The van der Waals surface area contributed by atoms with Gasteiger partial charge in [-0.3, -0.25) is 10.1 Å². The van der Waals surface area contributed by atoms with Gasteiger partial charge in [-0.05, 0) is 18.2 Å². The van der Waals surface area contributed by atoms with E-state index in [1.807, 2.05) is 18.2 Å². The molecule has 3 aromatic rings. The normalized spacial score (nSPS) is 11.3. The third kappa shape index (κ3) is 1.20. The highest BCUT2D eigenvalue weighted by Gasteiger charge is 2.07. The highest BCUT2D eigenvalue weighted by Crippen LogP contribution is 2.26. The molecule has 0 bridgehead atoms. The van der Waals surface area contributed by atoms with Gasteiger partial charge in [0.1, 0.15) is 0 Å². The predicted molar refractivity (Wildman–Crippen MR) is 63.5 cm³/mol. The molecule has 0 unspecified atom stereocenters. The van der Waals surface area contributed by atoms with Crippen LogP contribution in [0.1, 0.15) is 0 Å². The van der Waals surface area contributed by atoms with Crippen molar-refractivity contribution in [2.75, 3.05) is 5.73 Å². The van der Waals surface area contributed by atoms with Crippen LogP contribution in [0.4, 0.5) is 5.82 Å². The second-order valence-corrected chi connectivity index (χ2v) is 4.23. The molecule has 0 saturated carbocycles. The van der Waals surface area contributed by atoms with Crippen LogP contribution in [0.3, 0.4) is 0 Å². The van der Waals surface area contributed by atoms with Gasteiger partial charge < -0.3 is 5.73 Å². The maximum absolute atomic E-state index is 5.71. The summed E-state index contributed by atoms with van der Waals surface area (Å²) in [5, 5.41) is 8.78. The molecule has 0 aliphatic heterocycles. The van der Waals surface area contributed by atoms with Crippen molar-refractivity contribution in [3.8, 4) is 0 Å². The van der Waals surface area contributed by atoms with Crippen molar-refractivity contribution >= 4 is 43.6 Å². The van der Waals surface area contributed by atoms with Crippen LogP contribution < -0.4 is 5.73 Å². The minimum atomic E-state index is 0.486. The van der Waals surface area contributed by atoms with E-state index < -0.39 is 0 Å². The van der Waals surface area contributed by atoms with Crippen molar-refractivity contribution in [1.29, 1.82) is 0 Å². The summed E-state index contributed by atoms with van der Waals surface area (Å²) in [6.07, 6.45) is 1.74. The standard InChI is InChI=1S/C10H7BrN4/c11-5-1-2-8-6(3-5)9-7(4-13-8)10(12)15-14-9/h1-4H,(H3,12,14,15). The summed E-state index contributed by atoms with van der Waals surface area (Å²) >= 11 is 3.43. The molecule has 2 heterocycles. The van der Waals surface area contributed by atoms with Gasteiger partial charge in [0.05, 0.1) is 16.4 Å². The van der Waals surface area contributed by atoms with Crippen molar-refractivity contribution in [2.45, 2.75) is 0 Å². The van der Waals surface area contributed by atoms with Gasteiger partial charge in [-0.1, -0.05) is 15.9 Å². The van der Waals surface area contributed by atoms with Crippen molar-refractivity contribution in [2.24, 2.45) is 0 Å². The molecule has 4 nitrogen and oxygen atoms in total. The fraction of sp³-hybridized carbons (Fsp3) is 0. The first kappa shape index (κ1) is 8.67. The van der Waals surface area contributed by atoms with Crippen LogP contribution in [0.25, 0.3) is 21.8 Å². The quantitative estimate of drug-likeness (QED) is 0.654. The molecule has 5 heteroatoms. The summed E-state index contributed by atoms with van der Waals surface area (Å²) in [5.74, 6) is 0.486. The first-order chi connectivity index (χ1) is 7.25. The minimum absolute atomic E-state index is 0.486. The Morgan fingerprint density at radius 3 is 3.00 bits per heavy atom. The summed E-state index contributed by atoms with van der Waals surface area (Å²) in [5.41, 5.74) is 7.57. The van der Waals surface area contributed by atoms with E-state index in [0.717, 1.165) is 26.3 Å². The number of hydrogen-bond donors (Lipinski definition) is 2. The van der Waals surface area contributed by atoms with E-state index in [4.69, 9.17) is 5.73 Å². The third-order valence-corrected chi connectivity index (χ3v) is 2.89. The Morgan fingerprint density at radius 2 is 2.13 bits per heavy atom. The van der Waals surface area contributed by atoms with E-state index in [1.54, 1.807) is 6.20 Å². The molecule has 0 aliphatic rings. The van der Waals surface area contributed by atoms with Gasteiger partial charge in [-0.15, -0.1) is 0 Å². The Kier molecular flexibility index (Phi) is 1.70. The van der Waals surface area contributed by atoms with Crippen LogP contribution in [0.2, 0.25) is 0 Å². The zero-order chi connectivity index (χ0) is 10.4. The number of nitrogens with one attached hydrogen (secondary N) is 1. The van der Waals surface area contributed by atoms with E-state index in [9.17, 15) is 0 Å². The zero-order valence-electron chi connectivity index (χ0n) is 7.66. The van der Waals surface area contributed by atoms with Crippen LogP contribution in [0.5, 0.6) is 0 Å². The SMILES string of the molecule is Nc1n[nH]c2c1cnc1ccc(Br)cc12. The molecule has 0 atom stereocenters. The van der Waals surface area contributed by atoms with Gasteiger partial charge in [0, 0.05) is 16.1 Å². The molecular formula is C10H7BrN4. The van der Waals surface area contributed by atoms with Crippen LogP contribution in [-0.2, 0) is 0 Å². The molecule has 0 aliphatic carbocycles. The number of aromatic nitrogens is 3. The number of rotatable bonds is 0. The molecule has 1 aromatic carbocycles. The first-order valence-corrected chi connectivity index (χ1v) is 5.23. The molecule has 2 aromatic heterocycles. The highest BCUT2D eigenvalue weighted by molar-refractivity contribution is 9.10. The lowest BCUT2D eigenvalue weighted by Gasteiger charge is -1.98. The molecule has 15 heavy (non-hydrogen) atoms. The molecule has 0 saturated heterocycles. The van der Waals surface area contributed by atoms with Gasteiger partial charge >= 0.3 is 0 Å². The zero-order valence-corrected chi connectivity index (χ0v) is 9.25. The molecule has 74 valence electrons. The maximum atomic E-state index is 5.71. The van der Waals surface area contributed by atoms with Crippen LogP contribution in [-0.4, -0.2) is 15.2 Å². The minimum Gasteiger partial charge on any atom is -0.382 e. The van der Waals surface area contributed by atoms with Crippen LogP contribution >= 0.6 is 15.9 Å². The van der Waals surface area contributed by atoms with Gasteiger partial charge in [-0.25, -0.2) is 0 Å². The van der Waals surface area contributed by atoms with E-state index in [-0.39, 0.29) is 0 Å². The number of nitrogens with two attached hydrogens (primary N) is 1. The van der Waals surface area contributed by atoms with Crippen molar-refractivity contribution in [3.63, 3.8) is 0 Å². The monoisotopic (exact) mass is 262 g/mol. The smallest absolute Gasteiger partial charge is 0.154 e. The molecular weight excluding hydrogens is 256 g/mol. The van der Waals surface area contributed by atoms with Gasteiger partial charge in [-0.2, -0.15) is 5.10 Å². The lowest BCUT2D eigenvalue weighted by atomic mass is 10.2. The summed E-state index contributed by atoms with van der Waals surface area (Å²) in [6.45, 7) is 0. The number of hydrogen-bond acceptors (Lipinski definition) is 3. The molecule has 0 spiro atoms. The molecule has 3 rings (SSSR count). The molecule has 0 amide bonds. The Morgan fingerprint density at radius 1 is 1.27 bits per heavy atom. The lowest BCUT2D eigenvalue weighted by Crippen LogP contribution is -1.84. The third-order valence-electron chi connectivity index (χ3n) is 2.39. The Labute approximate surface area is 93.6 Å². The predicted octanol–water partition coefficient (Wildman–Crippen LogP) is 2.46. The number of aromatic amines is 1. The summed E-state index contributed by atoms with van der Waals surface area (Å²) in [7, 11) is 0. The first-order valence-electron chi connectivity index (χ1n) is 4.43. The fourth-order valence-corrected chi connectivity index (χ4v) is 2.02. The Bertz CT molecular complexity index is 659. The second kappa shape index (κ2) is 2.93. The van der Waals surface area contributed by atoms with E-state index in [1.165, 1.54) is 0 Å². The van der Waals surface area contributed by atoms with Crippen molar-refractivity contribution in [3.05, 3.63) is 28.9 Å². The average Bonchev–Trinajstić information content (AvgIpc) is 2.61. The molecule has 0 radical (unpaired) electrons. The van der Waals surface area contributed by atoms with Crippen molar-refractivity contribution < 1.29 is 0 Å². The largest absolute Gasteiger partial charge is 0.382 e. The van der Waals surface area contributed by atoms with Gasteiger partial charge in [0.25, 0.3) is 0 Å². The number of H-pyrrole nitrogens is 1. The number of anilines is 1. The fourth-order valence-electron chi connectivity index (χ4n) is 1.66. The highest BCUT2D eigenvalue weighted by atomic mass is 79.9. The Balaban J connectivity index is 2.57. The summed E-state index contributed by atoms with van der Waals surface area (Å²) < 4.78 is 1.01. The maximum Gasteiger partial charge on any atom is 0.154 e. The van der Waals surface area contributed by atoms with E-state index >= 15 is 0 Å². The van der Waals surface area contributed by atoms with Crippen molar-refractivity contribution in [1.82, 2.24) is 15.2 Å². The van der Waals surface area contributed by atoms with Gasteiger partial charge in [0.15, 0.2) is 5.82 Å². The van der Waals surface area contributed by atoms with Gasteiger partial charge in [0.2, 0.25) is 0 Å². The second-order valence-electron chi connectivity index (χ2n) is 3.32. The molecule has 3 N–H and O–H groups in total. The van der Waals surface area contributed by atoms with Crippen LogP contribution in [0, 0.1) is 0 Å². The van der Waals surface area contributed by atoms with E-state index in [2.05, 4.69) is 31.1 Å².